The zero-order chi connectivity index (χ0) is 11.4. The Morgan fingerprint density at radius 3 is 2.80 bits per heavy atom. The van der Waals surface area contributed by atoms with E-state index >= 15 is 0 Å². The van der Waals surface area contributed by atoms with Crippen molar-refractivity contribution in [2.45, 2.75) is 38.0 Å². The highest BCUT2D eigenvalue weighted by atomic mass is 32.1. The highest BCUT2D eigenvalue weighted by Gasteiger charge is 2.35. The third-order valence-corrected chi connectivity index (χ3v) is 2.67. The summed E-state index contributed by atoms with van der Waals surface area (Å²) in [6.45, 7) is 4.47. The Balaban J connectivity index is 2.64. The van der Waals surface area contributed by atoms with Crippen LogP contribution in [0, 0.1) is 0 Å². The number of esters is 1. The van der Waals surface area contributed by atoms with Crippen molar-refractivity contribution in [1.82, 2.24) is 4.90 Å². The van der Waals surface area contributed by atoms with Gasteiger partial charge in [-0.05, 0) is 26.7 Å². The van der Waals surface area contributed by atoms with Crippen molar-refractivity contribution < 1.29 is 14.3 Å². The summed E-state index contributed by atoms with van der Waals surface area (Å²) in [5.41, 5.74) is 0. The van der Waals surface area contributed by atoms with Gasteiger partial charge in [0.2, 0.25) is 5.91 Å². The smallest absolute Gasteiger partial charge is 0.328 e. The number of rotatable bonds is 3. The van der Waals surface area contributed by atoms with Crippen LogP contribution in [0.3, 0.4) is 0 Å². The molecule has 0 aromatic carbocycles. The van der Waals surface area contributed by atoms with E-state index in [4.69, 9.17) is 4.74 Å². The summed E-state index contributed by atoms with van der Waals surface area (Å²) in [5, 5.41) is -0.361. The lowest BCUT2D eigenvalue weighted by molar-refractivity contribution is -0.152. The van der Waals surface area contributed by atoms with E-state index in [9.17, 15) is 9.59 Å². The Morgan fingerprint density at radius 1 is 1.60 bits per heavy atom. The van der Waals surface area contributed by atoms with E-state index in [0.29, 0.717) is 19.6 Å². The second-order valence-corrected chi connectivity index (χ2v) is 4.39. The van der Waals surface area contributed by atoms with Gasteiger partial charge in [0.25, 0.3) is 0 Å². The van der Waals surface area contributed by atoms with Gasteiger partial charge in [0.15, 0.2) is 0 Å². The molecular weight excluding hydrogens is 214 g/mol. The van der Waals surface area contributed by atoms with E-state index in [1.807, 2.05) is 0 Å². The molecule has 1 saturated heterocycles. The van der Waals surface area contributed by atoms with E-state index in [2.05, 4.69) is 12.6 Å². The molecule has 1 heterocycles. The molecular formula is C10H17NO3S. The van der Waals surface area contributed by atoms with Gasteiger partial charge in [0.1, 0.15) is 6.04 Å². The number of ether oxygens (including phenoxy) is 1. The predicted octanol–water partition coefficient (Wildman–Crippen LogP) is 0.859. The minimum atomic E-state index is -0.396. The van der Waals surface area contributed by atoms with Gasteiger partial charge in [0.05, 0.1) is 11.9 Å². The fourth-order valence-electron chi connectivity index (χ4n) is 1.75. The van der Waals surface area contributed by atoms with Crippen LogP contribution in [-0.4, -0.2) is 41.2 Å². The molecule has 0 radical (unpaired) electrons. The van der Waals surface area contributed by atoms with Crippen molar-refractivity contribution in [2.75, 3.05) is 13.2 Å². The van der Waals surface area contributed by atoms with Crippen molar-refractivity contribution in [3.63, 3.8) is 0 Å². The van der Waals surface area contributed by atoms with E-state index < -0.39 is 6.04 Å². The van der Waals surface area contributed by atoms with Crippen LogP contribution in [0.5, 0.6) is 0 Å². The number of hydrogen-bond donors (Lipinski definition) is 1. The van der Waals surface area contributed by atoms with E-state index in [0.717, 1.165) is 6.42 Å². The van der Waals surface area contributed by atoms with Crippen molar-refractivity contribution in [1.29, 1.82) is 0 Å². The largest absolute Gasteiger partial charge is 0.464 e. The highest BCUT2D eigenvalue weighted by molar-refractivity contribution is 7.81. The lowest BCUT2D eigenvalue weighted by Crippen LogP contribution is -2.44. The molecule has 15 heavy (non-hydrogen) atoms. The number of carbonyl (C=O) groups excluding carboxylic acids is 2. The molecule has 2 atom stereocenters. The quantitative estimate of drug-likeness (QED) is 0.579. The molecule has 1 aliphatic heterocycles. The van der Waals surface area contributed by atoms with Gasteiger partial charge in [-0.25, -0.2) is 4.79 Å². The summed E-state index contributed by atoms with van der Waals surface area (Å²) < 4.78 is 4.93. The summed E-state index contributed by atoms with van der Waals surface area (Å²) in [4.78, 5) is 24.8. The molecule has 0 saturated carbocycles. The molecule has 0 aliphatic carbocycles. The van der Waals surface area contributed by atoms with Gasteiger partial charge >= 0.3 is 5.97 Å². The molecule has 0 N–H and O–H groups in total. The van der Waals surface area contributed by atoms with Gasteiger partial charge in [-0.2, -0.15) is 12.6 Å². The van der Waals surface area contributed by atoms with Crippen molar-refractivity contribution in [3.05, 3.63) is 0 Å². The van der Waals surface area contributed by atoms with Crippen LogP contribution in [0.2, 0.25) is 0 Å². The minimum absolute atomic E-state index is 0.0890. The predicted molar refractivity (Wildman–Crippen MR) is 59.8 cm³/mol. The van der Waals surface area contributed by atoms with E-state index in [-0.39, 0.29) is 17.1 Å². The number of likely N-dealkylation sites (tertiary alicyclic amines) is 1. The van der Waals surface area contributed by atoms with Crippen molar-refractivity contribution >= 4 is 24.5 Å². The molecule has 0 aromatic rings. The zero-order valence-electron chi connectivity index (χ0n) is 9.10. The van der Waals surface area contributed by atoms with Gasteiger partial charge in [-0.1, -0.05) is 0 Å². The lowest BCUT2D eigenvalue weighted by Gasteiger charge is -2.24. The maximum Gasteiger partial charge on any atom is 0.328 e. The summed E-state index contributed by atoms with van der Waals surface area (Å²) >= 11 is 4.09. The number of thiol groups is 1. The first-order valence-corrected chi connectivity index (χ1v) is 5.74. The molecule has 0 aromatic heterocycles. The first kappa shape index (κ1) is 12.4. The first-order valence-electron chi connectivity index (χ1n) is 5.23. The monoisotopic (exact) mass is 231 g/mol. The Hall–Kier alpha value is -0.710. The third-order valence-electron chi connectivity index (χ3n) is 2.45. The van der Waals surface area contributed by atoms with E-state index in [1.54, 1.807) is 18.7 Å². The van der Waals surface area contributed by atoms with Gasteiger partial charge in [-0.3, -0.25) is 4.79 Å². The second kappa shape index (κ2) is 5.39. The fraction of sp³-hybridized carbons (Fsp3) is 0.800. The summed E-state index contributed by atoms with van der Waals surface area (Å²) in [6.07, 6.45) is 1.56. The minimum Gasteiger partial charge on any atom is -0.464 e. The highest BCUT2D eigenvalue weighted by Crippen LogP contribution is 2.20. The zero-order valence-corrected chi connectivity index (χ0v) is 10.00. The van der Waals surface area contributed by atoms with Crippen LogP contribution in [0.4, 0.5) is 0 Å². The standard InChI is InChI=1S/C10H17NO3S/c1-3-14-10(13)8-5-4-6-11(8)9(12)7(2)15/h7-8,15H,3-6H2,1-2H3/t7?,8-/m0/s1. The Kier molecular flexibility index (Phi) is 4.45. The normalized spacial score (nSPS) is 22.6. The second-order valence-electron chi connectivity index (χ2n) is 3.62. The molecule has 1 unspecified atom stereocenters. The van der Waals surface area contributed by atoms with Gasteiger partial charge in [0, 0.05) is 6.54 Å². The lowest BCUT2D eigenvalue weighted by atomic mass is 10.2. The molecule has 86 valence electrons. The molecule has 1 fully saturated rings. The fourth-order valence-corrected chi connectivity index (χ4v) is 1.90. The third kappa shape index (κ3) is 2.87. The molecule has 4 nitrogen and oxygen atoms in total. The van der Waals surface area contributed by atoms with E-state index in [1.165, 1.54) is 0 Å². The summed E-state index contributed by atoms with van der Waals surface area (Å²) in [7, 11) is 0. The molecule has 1 rings (SSSR count). The van der Waals surface area contributed by atoms with Gasteiger partial charge in [-0.15, -0.1) is 0 Å². The molecule has 0 spiro atoms. The number of nitrogens with zero attached hydrogens (tertiary/aromatic N) is 1. The Bertz CT molecular complexity index is 255. The molecule has 1 aliphatic rings. The van der Waals surface area contributed by atoms with Crippen molar-refractivity contribution in [3.8, 4) is 0 Å². The average Bonchev–Trinajstić information content (AvgIpc) is 2.65. The van der Waals surface area contributed by atoms with Crippen LogP contribution in [0.25, 0.3) is 0 Å². The maximum atomic E-state index is 11.7. The molecule has 5 heteroatoms. The van der Waals surface area contributed by atoms with Crippen LogP contribution in [0.1, 0.15) is 26.7 Å². The summed E-state index contributed by atoms with van der Waals surface area (Å²) in [5.74, 6) is -0.383. The number of hydrogen-bond acceptors (Lipinski definition) is 4. The van der Waals surface area contributed by atoms with Crippen LogP contribution in [0.15, 0.2) is 0 Å². The summed E-state index contributed by atoms with van der Waals surface area (Å²) in [6, 6.07) is -0.396. The molecule has 0 bridgehead atoms. The first-order chi connectivity index (χ1) is 7.07. The topological polar surface area (TPSA) is 46.6 Å². The van der Waals surface area contributed by atoms with Crippen LogP contribution in [-0.2, 0) is 14.3 Å². The van der Waals surface area contributed by atoms with Crippen LogP contribution < -0.4 is 0 Å². The van der Waals surface area contributed by atoms with Gasteiger partial charge < -0.3 is 9.64 Å². The molecule has 1 amide bonds. The SMILES string of the molecule is CCOC(=O)[C@@H]1CCCN1C(=O)C(C)S. The van der Waals surface area contributed by atoms with Crippen molar-refractivity contribution in [2.24, 2.45) is 0 Å². The number of carbonyl (C=O) groups is 2. The number of amides is 1. The average molecular weight is 231 g/mol. The van der Waals surface area contributed by atoms with Crippen LogP contribution >= 0.6 is 12.6 Å². The Morgan fingerprint density at radius 2 is 2.27 bits per heavy atom. The maximum absolute atomic E-state index is 11.7. The Labute approximate surface area is 95.4 Å².